The second kappa shape index (κ2) is 10.8. The predicted octanol–water partition coefficient (Wildman–Crippen LogP) is 5.09. The fraction of sp³-hybridized carbons (Fsp3) is 0.286. The minimum Gasteiger partial charge on any atom is -0.489 e. The number of pyridine rings is 3. The Kier molecular flexibility index (Phi) is 5.74. The Bertz CT molecular complexity index is 2050. The summed E-state index contributed by atoms with van der Waals surface area (Å²) in [4.78, 5) is 24.8. The van der Waals surface area contributed by atoms with Gasteiger partial charge >= 0.3 is 6.61 Å². The van der Waals surface area contributed by atoms with Gasteiger partial charge in [0.15, 0.2) is 11.6 Å². The number of nitrogens with one attached hydrogen (secondary N) is 1. The first-order valence-corrected chi connectivity index (χ1v) is 13.9. The highest BCUT2D eigenvalue weighted by atomic mass is 32.2. The quantitative estimate of drug-likeness (QED) is 0.289. The number of hydrogen-bond donors (Lipinski definition) is 1. The minimum absolute atomic E-state index is 0.000699. The number of amides is 1. The maximum absolute atomic E-state index is 15.2. The SMILES string of the molecule is [2H]C1([2H])Oc2c(F)cc(C(=O)NCc3cc4nc(-c5ccc(OC(F)F)c(C6CC6)n5)ccc4cn3)cc2S(=O)(=O)[C@@]([2H])(F)C1([2H])[2H]. The molecular formula is C28H22F4N4O5S. The van der Waals surface area contributed by atoms with Gasteiger partial charge in [0.25, 0.3) is 5.91 Å². The Balaban J connectivity index is 1.25. The summed E-state index contributed by atoms with van der Waals surface area (Å²) < 4.78 is 129. The van der Waals surface area contributed by atoms with Gasteiger partial charge in [-0.05, 0) is 55.3 Å². The Morgan fingerprint density at radius 2 is 1.93 bits per heavy atom. The first kappa shape index (κ1) is 22.3. The summed E-state index contributed by atoms with van der Waals surface area (Å²) in [5, 5.41) is 3.00. The van der Waals surface area contributed by atoms with E-state index in [1.807, 2.05) is 0 Å². The summed E-state index contributed by atoms with van der Waals surface area (Å²) in [7, 11) is -5.77. The average Bonchev–Trinajstić information content (AvgIpc) is 3.85. The van der Waals surface area contributed by atoms with Crippen molar-refractivity contribution in [2.24, 2.45) is 0 Å². The molecule has 1 amide bonds. The lowest BCUT2D eigenvalue weighted by Gasteiger charge is -2.12. The van der Waals surface area contributed by atoms with E-state index in [2.05, 4.69) is 29.7 Å². The second-order valence-corrected chi connectivity index (χ2v) is 11.2. The lowest BCUT2D eigenvalue weighted by molar-refractivity contribution is -0.0507. The molecule has 9 nitrogen and oxygen atoms in total. The van der Waals surface area contributed by atoms with Crippen LogP contribution in [0.3, 0.4) is 0 Å². The third-order valence-corrected chi connectivity index (χ3v) is 7.94. The van der Waals surface area contributed by atoms with E-state index in [0.29, 0.717) is 40.1 Å². The number of carbonyl (C=O) groups excluding carboxylic acids is 1. The molecule has 0 radical (unpaired) electrons. The van der Waals surface area contributed by atoms with Crippen molar-refractivity contribution < 1.29 is 47.1 Å². The highest BCUT2D eigenvalue weighted by Gasteiger charge is 2.36. The van der Waals surface area contributed by atoms with Crippen molar-refractivity contribution in [2.75, 3.05) is 6.56 Å². The van der Waals surface area contributed by atoms with E-state index in [0.717, 1.165) is 12.8 Å². The summed E-state index contributed by atoms with van der Waals surface area (Å²) in [6, 6.07) is 8.76. The normalized spacial score (nSPS) is 23.7. The van der Waals surface area contributed by atoms with Crippen LogP contribution in [0.4, 0.5) is 17.6 Å². The molecule has 42 heavy (non-hydrogen) atoms. The van der Waals surface area contributed by atoms with Crippen molar-refractivity contribution in [3.8, 4) is 22.9 Å². The molecule has 4 heterocycles. The van der Waals surface area contributed by atoms with Crippen LogP contribution in [0.5, 0.6) is 11.5 Å². The Labute approximate surface area is 243 Å². The van der Waals surface area contributed by atoms with Crippen molar-refractivity contribution in [2.45, 2.75) is 48.7 Å². The number of nitrogens with zero attached hydrogens (tertiary/aromatic N) is 3. The third kappa shape index (κ3) is 5.45. The van der Waals surface area contributed by atoms with Crippen LogP contribution in [0.15, 0.2) is 53.6 Å². The van der Waals surface area contributed by atoms with Crippen molar-refractivity contribution in [3.63, 3.8) is 0 Å². The molecule has 0 bridgehead atoms. The summed E-state index contributed by atoms with van der Waals surface area (Å²) in [6.07, 6.45) is -1.07. The van der Waals surface area contributed by atoms with Crippen LogP contribution in [-0.2, 0) is 16.4 Å². The lowest BCUT2D eigenvalue weighted by atomic mass is 10.1. The zero-order valence-electron chi connectivity index (χ0n) is 26.2. The number of aromatic nitrogens is 3. The number of hydrogen-bond acceptors (Lipinski definition) is 8. The van der Waals surface area contributed by atoms with Gasteiger partial charge in [-0.25, -0.2) is 27.2 Å². The van der Waals surface area contributed by atoms with E-state index < -0.39 is 62.8 Å². The second-order valence-electron chi connectivity index (χ2n) is 9.37. The first-order chi connectivity index (χ1) is 21.9. The van der Waals surface area contributed by atoms with Gasteiger partial charge in [-0.2, -0.15) is 8.78 Å². The van der Waals surface area contributed by atoms with Gasteiger partial charge in [-0.3, -0.25) is 9.78 Å². The molecule has 1 atom stereocenters. The molecule has 1 fully saturated rings. The van der Waals surface area contributed by atoms with Crippen molar-refractivity contribution >= 4 is 26.6 Å². The summed E-state index contributed by atoms with van der Waals surface area (Å²) in [5.74, 6) is -4.06. The molecule has 0 saturated heterocycles. The zero-order chi connectivity index (χ0) is 34.1. The van der Waals surface area contributed by atoms with Crippen LogP contribution in [0.1, 0.15) is 53.7 Å². The Hall–Kier alpha value is -4.33. The summed E-state index contributed by atoms with van der Waals surface area (Å²) in [6.45, 7) is -7.08. The Morgan fingerprint density at radius 1 is 1.17 bits per heavy atom. The van der Waals surface area contributed by atoms with Crippen LogP contribution in [-0.4, -0.2) is 47.9 Å². The topological polar surface area (TPSA) is 120 Å². The van der Waals surface area contributed by atoms with Gasteiger partial charge in [0.05, 0.1) is 45.5 Å². The van der Waals surface area contributed by atoms with Crippen molar-refractivity contribution in [3.05, 3.63) is 71.4 Å². The number of halogens is 4. The molecule has 2 aliphatic rings. The smallest absolute Gasteiger partial charge is 0.387 e. The van der Waals surface area contributed by atoms with Crippen LogP contribution in [0.2, 0.25) is 0 Å². The standard InChI is InChI=1S/C28H22F4N4O5S/c29-18-9-16(10-23-26(18)40-8-7-24(30)42(23,38)39)27(37)34-13-17-11-21-15(12-33-17)3-4-19(35-21)20-5-6-22(41-28(31)32)25(36-20)14-1-2-14/h3-6,9-12,14,24,28H,1-2,7-8,13H2,(H,34,37)/t24-/m1/s1/i7D2,8D2,24D. The predicted molar refractivity (Wildman–Crippen MR) is 141 cm³/mol. The molecule has 14 heteroatoms. The molecule has 4 aromatic rings. The maximum atomic E-state index is 15.2. The van der Waals surface area contributed by atoms with E-state index >= 15 is 8.78 Å². The monoisotopic (exact) mass is 607 g/mol. The van der Waals surface area contributed by atoms with Crippen LogP contribution >= 0.6 is 0 Å². The summed E-state index contributed by atoms with van der Waals surface area (Å²) in [5.41, 5.74) is -3.42. The Morgan fingerprint density at radius 3 is 2.69 bits per heavy atom. The third-order valence-electron chi connectivity index (χ3n) is 6.49. The van der Waals surface area contributed by atoms with Gasteiger partial charge in [-0.15, -0.1) is 0 Å². The van der Waals surface area contributed by atoms with Gasteiger partial charge in [0, 0.05) is 32.2 Å². The highest BCUT2D eigenvalue weighted by molar-refractivity contribution is 7.92. The van der Waals surface area contributed by atoms with Gasteiger partial charge in [0.2, 0.25) is 15.3 Å². The van der Waals surface area contributed by atoms with Gasteiger partial charge in [0.1, 0.15) is 10.6 Å². The number of ether oxygens (including phenoxy) is 2. The largest absolute Gasteiger partial charge is 0.489 e. The van der Waals surface area contributed by atoms with Crippen LogP contribution in [0.25, 0.3) is 22.3 Å². The molecule has 1 saturated carbocycles. The van der Waals surface area contributed by atoms with Crippen molar-refractivity contribution in [1.82, 2.24) is 20.3 Å². The zero-order valence-corrected chi connectivity index (χ0v) is 22.0. The van der Waals surface area contributed by atoms with E-state index in [9.17, 15) is 22.0 Å². The maximum Gasteiger partial charge on any atom is 0.387 e. The molecule has 1 aromatic carbocycles. The lowest BCUT2D eigenvalue weighted by Crippen LogP contribution is -2.24. The molecule has 3 aromatic heterocycles. The number of alkyl halides is 3. The van der Waals surface area contributed by atoms with E-state index in [4.69, 9.17) is 6.85 Å². The van der Waals surface area contributed by atoms with E-state index in [1.165, 1.54) is 24.4 Å². The van der Waals surface area contributed by atoms with Crippen LogP contribution in [0, 0.1) is 5.82 Å². The number of carbonyl (C=O) groups is 1. The number of fused-ring (bicyclic) bond motifs is 2. The molecule has 0 spiro atoms. The molecule has 0 unspecified atom stereocenters. The molecule has 1 aliphatic heterocycles. The summed E-state index contributed by atoms with van der Waals surface area (Å²) >= 11 is 0. The van der Waals surface area contributed by atoms with Crippen LogP contribution < -0.4 is 14.8 Å². The fourth-order valence-corrected chi connectivity index (χ4v) is 5.33. The first-order valence-electron chi connectivity index (χ1n) is 14.9. The van der Waals surface area contributed by atoms with E-state index in [1.54, 1.807) is 12.1 Å². The van der Waals surface area contributed by atoms with Gasteiger partial charge < -0.3 is 14.8 Å². The fourth-order valence-electron chi connectivity index (χ4n) is 4.30. The minimum atomic E-state index is -5.77. The number of sulfone groups is 1. The molecule has 1 aliphatic carbocycles. The number of benzene rings is 1. The molecule has 218 valence electrons. The molecular weight excluding hydrogens is 580 g/mol. The highest BCUT2D eigenvalue weighted by Crippen LogP contribution is 2.44. The molecule has 6 rings (SSSR count). The van der Waals surface area contributed by atoms with Gasteiger partial charge in [-0.1, -0.05) is 0 Å². The average molecular weight is 608 g/mol. The van der Waals surface area contributed by atoms with E-state index in [-0.39, 0.29) is 23.9 Å². The van der Waals surface area contributed by atoms with Crippen molar-refractivity contribution in [1.29, 1.82) is 0 Å². The molecule has 1 N–H and O–H groups in total. The number of rotatable bonds is 7.